The molecule has 0 aromatic carbocycles. The number of unbranched alkanes of at least 4 members (excludes halogenated alkanes) is 1. The van der Waals surface area contributed by atoms with Crippen LogP contribution in [0.2, 0.25) is 0 Å². The Hall–Kier alpha value is -1.85. The number of imidazole rings is 1. The summed E-state index contributed by atoms with van der Waals surface area (Å²) >= 11 is 0. The largest absolute Gasteiger partial charge is 0.356 e. The number of nitrogens with zero attached hydrogens (tertiary/aromatic N) is 3. The lowest BCUT2D eigenvalue weighted by atomic mass is 10.3. The zero-order valence-corrected chi connectivity index (χ0v) is 9.41. The molecular formula is C10H17N3O3. The van der Waals surface area contributed by atoms with Crippen LogP contribution >= 0.6 is 0 Å². The number of aryl methyl sites for hydroxylation is 1. The fourth-order valence-corrected chi connectivity index (χ4v) is 1.17. The Morgan fingerprint density at radius 3 is 2.69 bits per heavy atom. The van der Waals surface area contributed by atoms with Crippen LogP contribution in [-0.2, 0) is 13.1 Å². The molecule has 0 amide bonds. The van der Waals surface area contributed by atoms with E-state index in [2.05, 4.69) is 41.4 Å². The van der Waals surface area contributed by atoms with Crippen LogP contribution in [0.1, 0.15) is 19.8 Å². The Balaban J connectivity index is 0.000000487. The van der Waals surface area contributed by atoms with Gasteiger partial charge in [-0.1, -0.05) is 26.0 Å². The van der Waals surface area contributed by atoms with Crippen molar-refractivity contribution in [3.05, 3.63) is 46.7 Å². The first-order valence-corrected chi connectivity index (χ1v) is 5.07. The Bertz CT molecular complexity index is 319. The fourth-order valence-electron chi connectivity index (χ4n) is 1.17. The van der Waals surface area contributed by atoms with Gasteiger partial charge in [-0.3, -0.25) is 0 Å². The zero-order valence-electron chi connectivity index (χ0n) is 9.41. The third-order valence-electron chi connectivity index (χ3n) is 1.86. The van der Waals surface area contributed by atoms with E-state index in [0.29, 0.717) is 0 Å². The molecule has 0 saturated heterocycles. The first-order chi connectivity index (χ1) is 7.60. The maximum Gasteiger partial charge on any atom is 0.244 e. The van der Waals surface area contributed by atoms with Gasteiger partial charge in [-0.25, -0.2) is 9.13 Å². The minimum Gasteiger partial charge on any atom is -0.356 e. The molecule has 6 nitrogen and oxygen atoms in total. The van der Waals surface area contributed by atoms with E-state index in [9.17, 15) is 0 Å². The third-order valence-corrected chi connectivity index (χ3v) is 1.86. The highest BCUT2D eigenvalue weighted by Crippen LogP contribution is 1.88. The van der Waals surface area contributed by atoms with Crippen molar-refractivity contribution in [1.29, 1.82) is 0 Å². The smallest absolute Gasteiger partial charge is 0.244 e. The highest BCUT2D eigenvalue weighted by atomic mass is 16.9. The maximum atomic E-state index is 8.25. The predicted octanol–water partition coefficient (Wildman–Crippen LogP) is 1.52. The minimum atomic E-state index is -1.75. The molecule has 6 heteroatoms. The van der Waals surface area contributed by atoms with Crippen molar-refractivity contribution in [3.63, 3.8) is 0 Å². The van der Waals surface area contributed by atoms with E-state index in [1.54, 1.807) is 0 Å². The monoisotopic (exact) mass is 227 g/mol. The second-order valence-corrected chi connectivity index (χ2v) is 3.21. The Kier molecular flexibility index (Phi) is 7.48. The van der Waals surface area contributed by atoms with Crippen LogP contribution in [0, 0.1) is 15.3 Å². The molecule has 1 aromatic rings. The topological polar surface area (TPSA) is 75.0 Å². The summed E-state index contributed by atoms with van der Waals surface area (Å²) < 4.78 is 4.34. The van der Waals surface area contributed by atoms with Crippen LogP contribution in [0.15, 0.2) is 31.4 Å². The van der Waals surface area contributed by atoms with Crippen molar-refractivity contribution in [2.24, 2.45) is 0 Å². The molecule has 0 aliphatic carbocycles. The molecule has 1 aromatic heterocycles. The lowest BCUT2D eigenvalue weighted by molar-refractivity contribution is -0.696. The summed E-state index contributed by atoms with van der Waals surface area (Å²) in [4.78, 5) is 8.25. The molecule has 0 N–H and O–H groups in total. The molecule has 0 fully saturated rings. The first kappa shape index (κ1) is 14.2. The summed E-state index contributed by atoms with van der Waals surface area (Å²) in [6.07, 6.45) is 10.7. The molecule has 0 saturated carbocycles. The van der Waals surface area contributed by atoms with Gasteiger partial charge in [0.25, 0.3) is 0 Å². The van der Waals surface area contributed by atoms with Crippen molar-refractivity contribution in [2.45, 2.75) is 32.9 Å². The quantitative estimate of drug-likeness (QED) is 0.331. The maximum absolute atomic E-state index is 8.25. The molecule has 0 aliphatic heterocycles. The minimum absolute atomic E-state index is 0.902. The lowest BCUT2D eigenvalue weighted by Crippen LogP contribution is -2.30. The van der Waals surface area contributed by atoms with Gasteiger partial charge < -0.3 is 15.3 Å². The number of rotatable bonds is 5. The van der Waals surface area contributed by atoms with Crippen molar-refractivity contribution in [1.82, 2.24) is 4.57 Å². The fraction of sp³-hybridized carbons (Fsp3) is 0.500. The van der Waals surface area contributed by atoms with Crippen LogP contribution < -0.4 is 4.57 Å². The average Bonchev–Trinajstić information content (AvgIpc) is 2.62. The van der Waals surface area contributed by atoms with Gasteiger partial charge in [0.2, 0.25) is 6.33 Å². The lowest BCUT2D eigenvalue weighted by Gasteiger charge is -1.91. The molecule has 0 unspecified atom stereocenters. The molecule has 0 radical (unpaired) electrons. The van der Waals surface area contributed by atoms with E-state index in [-0.39, 0.29) is 0 Å². The predicted molar refractivity (Wildman–Crippen MR) is 60.1 cm³/mol. The summed E-state index contributed by atoms with van der Waals surface area (Å²) in [5.41, 5.74) is 0. The normalized spacial score (nSPS) is 9.06. The van der Waals surface area contributed by atoms with Gasteiger partial charge in [-0.2, -0.15) is 0 Å². The van der Waals surface area contributed by atoms with Crippen LogP contribution in [0.5, 0.6) is 0 Å². The van der Waals surface area contributed by atoms with E-state index in [1.165, 1.54) is 12.8 Å². The Morgan fingerprint density at radius 1 is 1.56 bits per heavy atom. The van der Waals surface area contributed by atoms with E-state index < -0.39 is 5.09 Å². The number of hydrogen-bond donors (Lipinski definition) is 0. The summed E-state index contributed by atoms with van der Waals surface area (Å²) in [5, 5.41) is 14.8. The Morgan fingerprint density at radius 2 is 2.19 bits per heavy atom. The molecule has 0 spiro atoms. The summed E-state index contributed by atoms with van der Waals surface area (Å²) in [5.74, 6) is 0. The van der Waals surface area contributed by atoms with Gasteiger partial charge in [-0.15, -0.1) is 0 Å². The van der Waals surface area contributed by atoms with Crippen molar-refractivity contribution >= 4 is 0 Å². The average molecular weight is 227 g/mol. The van der Waals surface area contributed by atoms with Crippen LogP contribution in [0.3, 0.4) is 0 Å². The van der Waals surface area contributed by atoms with Crippen LogP contribution in [-0.4, -0.2) is 9.65 Å². The zero-order chi connectivity index (χ0) is 12.4. The van der Waals surface area contributed by atoms with Crippen LogP contribution in [0.4, 0.5) is 0 Å². The van der Waals surface area contributed by atoms with Gasteiger partial charge in [0.15, 0.2) is 0 Å². The van der Waals surface area contributed by atoms with Crippen molar-refractivity contribution < 1.29 is 9.65 Å². The molecular weight excluding hydrogens is 210 g/mol. The van der Waals surface area contributed by atoms with E-state index in [1.807, 2.05) is 6.08 Å². The summed E-state index contributed by atoms with van der Waals surface area (Å²) in [6.45, 7) is 7.93. The molecule has 1 heterocycles. The van der Waals surface area contributed by atoms with E-state index >= 15 is 0 Å². The molecule has 0 atom stereocenters. The van der Waals surface area contributed by atoms with E-state index in [0.717, 1.165) is 13.1 Å². The van der Waals surface area contributed by atoms with Gasteiger partial charge >= 0.3 is 0 Å². The van der Waals surface area contributed by atoms with Crippen molar-refractivity contribution in [3.8, 4) is 0 Å². The second kappa shape index (κ2) is 8.46. The standard InChI is InChI=1S/C10H17N2.NO3/c1-3-5-7-12-9-8-11(10-12)6-4-2;2-1(3)4/h4,8-10H,2-3,5-7H2,1H3;/q+1;-1. The van der Waals surface area contributed by atoms with Gasteiger partial charge in [-0.05, 0) is 6.42 Å². The SMILES string of the molecule is C=CCn1cc[n+](CCCC)c1.O=[N+]([O-])[O-]. The number of allylic oxidation sites excluding steroid dienone is 1. The second-order valence-electron chi connectivity index (χ2n) is 3.21. The first-order valence-electron chi connectivity index (χ1n) is 5.07. The number of hydrogen-bond acceptors (Lipinski definition) is 3. The molecule has 0 bridgehead atoms. The van der Waals surface area contributed by atoms with Crippen molar-refractivity contribution in [2.75, 3.05) is 0 Å². The molecule has 0 aliphatic rings. The summed E-state index contributed by atoms with van der Waals surface area (Å²) in [6, 6.07) is 0. The molecule has 90 valence electrons. The number of aromatic nitrogens is 2. The Labute approximate surface area is 94.6 Å². The highest BCUT2D eigenvalue weighted by molar-refractivity contribution is 4.73. The third kappa shape index (κ3) is 7.54. The molecule has 16 heavy (non-hydrogen) atoms. The molecule has 1 rings (SSSR count). The van der Waals surface area contributed by atoms with Gasteiger partial charge in [0.05, 0.1) is 11.6 Å². The van der Waals surface area contributed by atoms with Crippen LogP contribution in [0.25, 0.3) is 0 Å². The highest BCUT2D eigenvalue weighted by Gasteiger charge is 1.99. The van der Waals surface area contributed by atoms with E-state index in [4.69, 9.17) is 15.3 Å². The van der Waals surface area contributed by atoms with Gasteiger partial charge in [0.1, 0.15) is 18.9 Å². The van der Waals surface area contributed by atoms with Gasteiger partial charge in [0, 0.05) is 0 Å². The summed E-state index contributed by atoms with van der Waals surface area (Å²) in [7, 11) is 0.